The van der Waals surface area contributed by atoms with Crippen LogP contribution in [-0.4, -0.2) is 28.2 Å². The van der Waals surface area contributed by atoms with E-state index in [-0.39, 0.29) is 23.7 Å². The Morgan fingerprint density at radius 2 is 1.89 bits per heavy atom. The molecule has 0 spiro atoms. The number of ether oxygens (including phenoxy) is 2. The van der Waals surface area contributed by atoms with Gasteiger partial charge in [-0.25, -0.2) is 17.9 Å². The molecule has 0 fully saturated rings. The zero-order valence-electron chi connectivity index (χ0n) is 14.6. The van der Waals surface area contributed by atoms with Gasteiger partial charge in [0, 0.05) is 16.6 Å². The molecule has 0 aliphatic carbocycles. The number of hydrogen-bond donors (Lipinski definition) is 2. The number of benzene rings is 2. The van der Waals surface area contributed by atoms with Gasteiger partial charge in [-0.1, -0.05) is 29.3 Å². The van der Waals surface area contributed by atoms with Gasteiger partial charge >= 0.3 is 6.09 Å². The number of nitrogens with one attached hydrogen (secondary N) is 2. The summed E-state index contributed by atoms with van der Waals surface area (Å²) >= 11 is 11.9. The predicted octanol–water partition coefficient (Wildman–Crippen LogP) is 4.05. The number of rotatable bonds is 7. The second kappa shape index (κ2) is 9.27. The van der Waals surface area contributed by atoms with E-state index in [2.05, 4.69) is 10.0 Å². The maximum atomic E-state index is 12.6. The van der Waals surface area contributed by atoms with Crippen molar-refractivity contribution in [1.29, 1.82) is 0 Å². The first-order valence-corrected chi connectivity index (χ1v) is 10.1. The van der Waals surface area contributed by atoms with E-state index in [0.717, 1.165) is 0 Å². The van der Waals surface area contributed by atoms with Crippen LogP contribution in [0.25, 0.3) is 0 Å². The molecule has 27 heavy (non-hydrogen) atoms. The van der Waals surface area contributed by atoms with Gasteiger partial charge in [-0.15, -0.1) is 0 Å². The summed E-state index contributed by atoms with van der Waals surface area (Å²) < 4.78 is 37.6. The fraction of sp³-hybridized carbons (Fsp3) is 0.235. The number of carbonyl (C=O) groups is 1. The van der Waals surface area contributed by atoms with E-state index in [0.29, 0.717) is 21.4 Å². The summed E-state index contributed by atoms with van der Waals surface area (Å²) in [5.41, 5.74) is 0.742. The minimum Gasteiger partial charge on any atom is -0.495 e. The molecule has 146 valence electrons. The van der Waals surface area contributed by atoms with Crippen LogP contribution in [-0.2, 0) is 21.3 Å². The molecule has 10 heteroatoms. The highest BCUT2D eigenvalue weighted by molar-refractivity contribution is 7.89. The van der Waals surface area contributed by atoms with Crippen molar-refractivity contribution >= 4 is 45.0 Å². The zero-order valence-corrected chi connectivity index (χ0v) is 16.9. The highest BCUT2D eigenvalue weighted by Gasteiger charge is 2.18. The van der Waals surface area contributed by atoms with Gasteiger partial charge in [-0.3, -0.25) is 5.32 Å². The Balaban J connectivity index is 2.22. The first-order chi connectivity index (χ1) is 12.8. The van der Waals surface area contributed by atoms with E-state index in [9.17, 15) is 13.2 Å². The van der Waals surface area contributed by atoms with Crippen LogP contribution in [0, 0.1) is 0 Å². The third kappa shape index (κ3) is 5.74. The molecule has 0 atom stereocenters. The molecule has 0 heterocycles. The number of sulfonamides is 1. The summed E-state index contributed by atoms with van der Waals surface area (Å²) in [5, 5.41) is 3.26. The number of carbonyl (C=O) groups excluding carboxylic acids is 1. The van der Waals surface area contributed by atoms with Crippen LogP contribution in [0.2, 0.25) is 10.0 Å². The smallest absolute Gasteiger partial charge is 0.411 e. The lowest BCUT2D eigenvalue weighted by Gasteiger charge is -2.13. The molecule has 0 radical (unpaired) electrons. The third-order valence-corrected chi connectivity index (χ3v) is 5.45. The molecule has 0 aliphatic heterocycles. The molecule has 1 amide bonds. The lowest BCUT2D eigenvalue weighted by molar-refractivity contribution is 0.168. The van der Waals surface area contributed by atoms with Gasteiger partial charge in [-0.05, 0) is 42.8 Å². The number of methoxy groups -OCH3 is 1. The lowest BCUT2D eigenvalue weighted by Crippen LogP contribution is -2.23. The number of hydrogen-bond acceptors (Lipinski definition) is 5. The van der Waals surface area contributed by atoms with Gasteiger partial charge in [0.25, 0.3) is 0 Å². The van der Waals surface area contributed by atoms with Crippen molar-refractivity contribution in [2.75, 3.05) is 19.0 Å². The number of amides is 1. The molecule has 0 aliphatic rings. The average Bonchev–Trinajstić information content (AvgIpc) is 2.61. The van der Waals surface area contributed by atoms with Gasteiger partial charge < -0.3 is 9.47 Å². The largest absolute Gasteiger partial charge is 0.495 e. The number of anilines is 1. The average molecular weight is 433 g/mol. The molecule has 0 aromatic heterocycles. The van der Waals surface area contributed by atoms with Crippen molar-refractivity contribution in [1.82, 2.24) is 4.72 Å². The van der Waals surface area contributed by atoms with Crippen LogP contribution in [0.1, 0.15) is 12.5 Å². The molecule has 2 rings (SSSR count). The van der Waals surface area contributed by atoms with E-state index in [1.807, 2.05) is 0 Å². The quantitative estimate of drug-likeness (QED) is 0.687. The molecule has 0 saturated carbocycles. The van der Waals surface area contributed by atoms with Crippen molar-refractivity contribution < 1.29 is 22.7 Å². The van der Waals surface area contributed by atoms with Crippen LogP contribution in [0.3, 0.4) is 0 Å². The highest BCUT2D eigenvalue weighted by Crippen LogP contribution is 2.28. The van der Waals surface area contributed by atoms with Gasteiger partial charge in [-0.2, -0.15) is 0 Å². The molecule has 2 aromatic rings. The Bertz CT molecular complexity index is 935. The predicted molar refractivity (Wildman–Crippen MR) is 104 cm³/mol. The van der Waals surface area contributed by atoms with Crippen LogP contribution >= 0.6 is 23.2 Å². The molecular formula is C17H18Cl2N2O5S. The molecule has 7 nitrogen and oxygen atoms in total. The highest BCUT2D eigenvalue weighted by atomic mass is 35.5. The summed E-state index contributed by atoms with van der Waals surface area (Å²) in [6, 6.07) is 8.86. The van der Waals surface area contributed by atoms with Crippen LogP contribution in [0.5, 0.6) is 5.75 Å². The maximum Gasteiger partial charge on any atom is 0.411 e. The van der Waals surface area contributed by atoms with Crippen molar-refractivity contribution in [3.05, 3.63) is 52.0 Å². The Morgan fingerprint density at radius 1 is 1.15 bits per heavy atom. The molecule has 0 unspecified atom stereocenters. The summed E-state index contributed by atoms with van der Waals surface area (Å²) in [4.78, 5) is 11.6. The van der Waals surface area contributed by atoms with E-state index < -0.39 is 16.1 Å². The number of halogens is 2. The van der Waals surface area contributed by atoms with E-state index in [1.54, 1.807) is 19.1 Å². The second-order valence-corrected chi connectivity index (χ2v) is 7.88. The Labute approximate surface area is 167 Å². The Hall–Kier alpha value is -2.00. The Morgan fingerprint density at radius 3 is 2.52 bits per heavy atom. The van der Waals surface area contributed by atoms with Gasteiger partial charge in [0.05, 0.1) is 24.3 Å². The first-order valence-electron chi connectivity index (χ1n) is 7.82. The SMILES string of the molecule is CCOC(=O)Nc1cc(S(=O)(=O)NCc2ccc(Cl)cc2Cl)ccc1OC. The first kappa shape index (κ1) is 21.3. The van der Waals surface area contributed by atoms with Gasteiger partial charge in [0.15, 0.2) is 0 Å². The summed E-state index contributed by atoms with van der Waals surface area (Å²) in [6.45, 7) is 1.81. The summed E-state index contributed by atoms with van der Waals surface area (Å²) in [6.07, 6.45) is -0.716. The van der Waals surface area contributed by atoms with Gasteiger partial charge in [0.1, 0.15) is 5.75 Å². The van der Waals surface area contributed by atoms with Crippen molar-refractivity contribution in [3.63, 3.8) is 0 Å². The van der Waals surface area contributed by atoms with Crippen molar-refractivity contribution in [2.45, 2.75) is 18.4 Å². The van der Waals surface area contributed by atoms with Crippen molar-refractivity contribution in [2.24, 2.45) is 0 Å². The fourth-order valence-electron chi connectivity index (χ4n) is 2.15. The molecule has 0 saturated heterocycles. The third-order valence-electron chi connectivity index (χ3n) is 3.46. The maximum absolute atomic E-state index is 12.6. The van der Waals surface area contributed by atoms with E-state index in [1.165, 1.54) is 31.4 Å². The van der Waals surface area contributed by atoms with Gasteiger partial charge in [0.2, 0.25) is 10.0 Å². The second-order valence-electron chi connectivity index (χ2n) is 5.27. The fourth-order valence-corrected chi connectivity index (χ4v) is 3.66. The van der Waals surface area contributed by atoms with Crippen LogP contribution < -0.4 is 14.8 Å². The Kier molecular flexibility index (Phi) is 7.32. The zero-order chi connectivity index (χ0) is 20.0. The minimum absolute atomic E-state index is 0.0228. The molecule has 2 N–H and O–H groups in total. The molecule has 0 bridgehead atoms. The van der Waals surface area contributed by atoms with E-state index >= 15 is 0 Å². The molecular weight excluding hydrogens is 415 g/mol. The topological polar surface area (TPSA) is 93.7 Å². The molecule has 2 aromatic carbocycles. The van der Waals surface area contributed by atoms with Crippen LogP contribution in [0.15, 0.2) is 41.3 Å². The summed E-state index contributed by atoms with van der Waals surface area (Å²) in [5.74, 6) is 0.294. The summed E-state index contributed by atoms with van der Waals surface area (Å²) in [7, 11) is -2.47. The normalized spacial score (nSPS) is 11.1. The minimum atomic E-state index is -3.87. The monoisotopic (exact) mass is 432 g/mol. The standard InChI is InChI=1S/C17H18Cl2N2O5S/c1-3-26-17(22)21-15-9-13(6-7-16(15)25-2)27(23,24)20-10-11-4-5-12(18)8-14(11)19/h4-9,20H,3,10H2,1-2H3,(H,21,22). The van der Waals surface area contributed by atoms with Crippen molar-refractivity contribution in [3.8, 4) is 5.75 Å². The van der Waals surface area contributed by atoms with Crippen LogP contribution in [0.4, 0.5) is 10.5 Å². The lowest BCUT2D eigenvalue weighted by atomic mass is 10.2. The van der Waals surface area contributed by atoms with E-state index in [4.69, 9.17) is 32.7 Å².